The Morgan fingerprint density at radius 1 is 1.17 bits per heavy atom. The molecule has 23 heavy (non-hydrogen) atoms. The van der Waals surface area contributed by atoms with Gasteiger partial charge in [0, 0.05) is 44.8 Å². The summed E-state index contributed by atoms with van der Waals surface area (Å²) >= 11 is 0. The van der Waals surface area contributed by atoms with Crippen molar-refractivity contribution in [2.75, 3.05) is 33.3 Å². The molecule has 3 heterocycles. The van der Waals surface area contributed by atoms with Crippen LogP contribution in [0.5, 0.6) is 5.88 Å². The highest BCUT2D eigenvalue weighted by Crippen LogP contribution is 2.14. The predicted molar refractivity (Wildman–Crippen MR) is 87.1 cm³/mol. The molecule has 0 aliphatic carbocycles. The van der Waals surface area contributed by atoms with Gasteiger partial charge in [0.2, 0.25) is 5.88 Å². The molecular formula is C16H24N6O. The normalized spacial score (nSPS) is 19.8. The van der Waals surface area contributed by atoms with E-state index in [4.69, 9.17) is 4.74 Å². The van der Waals surface area contributed by atoms with Gasteiger partial charge in [-0.2, -0.15) is 15.0 Å². The predicted octanol–water partition coefficient (Wildman–Crippen LogP) is 0.888. The maximum atomic E-state index is 5.20. The molecule has 2 aromatic rings. The van der Waals surface area contributed by atoms with E-state index in [1.165, 1.54) is 0 Å². The molecule has 0 spiro atoms. The van der Waals surface area contributed by atoms with Crippen LogP contribution in [-0.2, 0) is 13.1 Å². The zero-order chi connectivity index (χ0) is 16.1. The van der Waals surface area contributed by atoms with Crippen LogP contribution < -0.4 is 4.74 Å². The molecule has 0 radical (unpaired) electrons. The van der Waals surface area contributed by atoms with Gasteiger partial charge < -0.3 is 4.74 Å². The maximum absolute atomic E-state index is 5.20. The van der Waals surface area contributed by atoms with E-state index >= 15 is 0 Å². The van der Waals surface area contributed by atoms with E-state index in [1.54, 1.807) is 24.3 Å². The average Bonchev–Trinajstić information content (AvgIpc) is 3.09. The van der Waals surface area contributed by atoms with Crippen LogP contribution in [-0.4, -0.2) is 69.1 Å². The summed E-state index contributed by atoms with van der Waals surface area (Å²) in [6.07, 6.45) is 3.45. The molecule has 2 aromatic heterocycles. The van der Waals surface area contributed by atoms with E-state index in [-0.39, 0.29) is 0 Å². The molecule has 1 aliphatic heterocycles. The van der Waals surface area contributed by atoms with Crippen LogP contribution in [0, 0.1) is 0 Å². The van der Waals surface area contributed by atoms with Crippen LogP contribution in [0.3, 0.4) is 0 Å². The van der Waals surface area contributed by atoms with Crippen molar-refractivity contribution in [3.05, 3.63) is 36.3 Å². The highest BCUT2D eigenvalue weighted by Gasteiger charge is 2.23. The maximum Gasteiger partial charge on any atom is 0.213 e. The average molecular weight is 316 g/mol. The largest absolute Gasteiger partial charge is 0.481 e. The number of piperazine rings is 1. The Kier molecular flexibility index (Phi) is 5.19. The van der Waals surface area contributed by atoms with Gasteiger partial charge in [0.1, 0.15) is 0 Å². The van der Waals surface area contributed by atoms with Gasteiger partial charge in [-0.1, -0.05) is 6.07 Å². The van der Waals surface area contributed by atoms with Crippen molar-refractivity contribution in [2.24, 2.45) is 0 Å². The molecule has 0 N–H and O–H groups in total. The van der Waals surface area contributed by atoms with Gasteiger partial charge in [-0.25, -0.2) is 4.98 Å². The fraction of sp³-hybridized carbons (Fsp3) is 0.562. The molecule has 1 unspecified atom stereocenters. The van der Waals surface area contributed by atoms with Gasteiger partial charge in [-0.05, 0) is 13.0 Å². The van der Waals surface area contributed by atoms with Crippen molar-refractivity contribution in [2.45, 2.75) is 26.1 Å². The summed E-state index contributed by atoms with van der Waals surface area (Å²) in [7, 11) is 1.65. The SMILES string of the molecule is COc1cccc(CN2CCN(CCn3nccn3)CC2C)n1. The lowest BCUT2D eigenvalue weighted by molar-refractivity contribution is 0.0731. The minimum Gasteiger partial charge on any atom is -0.481 e. The van der Waals surface area contributed by atoms with Crippen molar-refractivity contribution in [3.8, 4) is 5.88 Å². The molecule has 1 atom stereocenters. The summed E-state index contributed by atoms with van der Waals surface area (Å²) in [5.74, 6) is 0.681. The third-order valence-electron chi connectivity index (χ3n) is 4.29. The Morgan fingerprint density at radius 3 is 2.74 bits per heavy atom. The number of hydrogen-bond donors (Lipinski definition) is 0. The lowest BCUT2D eigenvalue weighted by Gasteiger charge is -2.39. The third kappa shape index (κ3) is 4.27. The Morgan fingerprint density at radius 2 is 2.00 bits per heavy atom. The topological polar surface area (TPSA) is 59.3 Å². The zero-order valence-electron chi connectivity index (χ0n) is 13.8. The minimum absolute atomic E-state index is 0.502. The molecule has 1 saturated heterocycles. The Hall–Kier alpha value is -1.99. The van der Waals surface area contributed by atoms with Crippen LogP contribution in [0.15, 0.2) is 30.6 Å². The Bertz CT molecular complexity index is 602. The Labute approximate surface area is 136 Å². The van der Waals surface area contributed by atoms with E-state index in [2.05, 4.69) is 38.0 Å². The van der Waals surface area contributed by atoms with Gasteiger partial charge in [0.05, 0.1) is 31.7 Å². The van der Waals surface area contributed by atoms with Gasteiger partial charge in [0.25, 0.3) is 0 Å². The van der Waals surface area contributed by atoms with Gasteiger partial charge in [-0.3, -0.25) is 9.80 Å². The molecular weight excluding hydrogens is 292 g/mol. The highest BCUT2D eigenvalue weighted by atomic mass is 16.5. The van der Waals surface area contributed by atoms with E-state index in [1.807, 2.05) is 12.1 Å². The summed E-state index contributed by atoms with van der Waals surface area (Å²) in [5.41, 5.74) is 1.06. The van der Waals surface area contributed by atoms with E-state index < -0.39 is 0 Å². The smallest absolute Gasteiger partial charge is 0.213 e. The number of nitrogens with zero attached hydrogens (tertiary/aromatic N) is 6. The number of aromatic nitrogens is 4. The van der Waals surface area contributed by atoms with Gasteiger partial charge >= 0.3 is 0 Å². The number of rotatable bonds is 6. The molecule has 0 saturated carbocycles. The molecule has 3 rings (SSSR count). The first-order valence-electron chi connectivity index (χ1n) is 8.05. The fourth-order valence-corrected chi connectivity index (χ4v) is 2.97. The van der Waals surface area contributed by atoms with Crippen molar-refractivity contribution < 1.29 is 4.74 Å². The van der Waals surface area contributed by atoms with E-state index in [0.717, 1.165) is 45.0 Å². The van der Waals surface area contributed by atoms with Crippen LogP contribution in [0.25, 0.3) is 0 Å². The lowest BCUT2D eigenvalue weighted by Crippen LogP contribution is -2.52. The quantitative estimate of drug-likeness (QED) is 0.789. The van der Waals surface area contributed by atoms with Crippen molar-refractivity contribution in [3.63, 3.8) is 0 Å². The second-order valence-electron chi connectivity index (χ2n) is 5.92. The summed E-state index contributed by atoms with van der Waals surface area (Å²) in [4.78, 5) is 11.2. The Balaban J connectivity index is 1.50. The van der Waals surface area contributed by atoms with Crippen LogP contribution in [0.4, 0.5) is 0 Å². The molecule has 0 aromatic carbocycles. The molecule has 1 fully saturated rings. The second-order valence-corrected chi connectivity index (χ2v) is 5.92. The molecule has 7 nitrogen and oxygen atoms in total. The summed E-state index contributed by atoms with van der Waals surface area (Å²) in [6.45, 7) is 8.15. The first kappa shape index (κ1) is 15.9. The fourth-order valence-electron chi connectivity index (χ4n) is 2.97. The van der Waals surface area contributed by atoms with Crippen molar-refractivity contribution >= 4 is 0 Å². The number of methoxy groups -OCH3 is 1. The molecule has 124 valence electrons. The van der Waals surface area contributed by atoms with Crippen LogP contribution in [0.2, 0.25) is 0 Å². The van der Waals surface area contributed by atoms with Crippen LogP contribution in [0.1, 0.15) is 12.6 Å². The summed E-state index contributed by atoms with van der Waals surface area (Å²) in [5, 5.41) is 8.31. The highest BCUT2D eigenvalue weighted by molar-refractivity contribution is 5.15. The molecule has 0 amide bonds. The van der Waals surface area contributed by atoms with Gasteiger partial charge in [-0.15, -0.1) is 0 Å². The molecule has 0 bridgehead atoms. The summed E-state index contributed by atoms with van der Waals surface area (Å²) < 4.78 is 5.20. The van der Waals surface area contributed by atoms with E-state index in [9.17, 15) is 0 Å². The van der Waals surface area contributed by atoms with Crippen molar-refractivity contribution in [1.29, 1.82) is 0 Å². The standard InChI is InChI=1S/C16H24N6O/c1-14-12-20(9-11-22-17-6-7-18-22)8-10-21(14)13-15-4-3-5-16(19-15)23-2/h3-7,14H,8-13H2,1-2H3. The first-order chi connectivity index (χ1) is 11.2. The van der Waals surface area contributed by atoms with Crippen molar-refractivity contribution in [1.82, 2.24) is 29.8 Å². The number of hydrogen-bond acceptors (Lipinski definition) is 6. The molecule has 7 heteroatoms. The second kappa shape index (κ2) is 7.52. The van der Waals surface area contributed by atoms with E-state index in [0.29, 0.717) is 11.9 Å². The lowest BCUT2D eigenvalue weighted by atomic mass is 10.1. The van der Waals surface area contributed by atoms with Gasteiger partial charge in [0.15, 0.2) is 0 Å². The molecule has 1 aliphatic rings. The number of pyridine rings is 1. The zero-order valence-corrected chi connectivity index (χ0v) is 13.8. The minimum atomic E-state index is 0.502. The third-order valence-corrected chi connectivity index (χ3v) is 4.29. The monoisotopic (exact) mass is 316 g/mol. The van der Waals surface area contributed by atoms with Crippen LogP contribution >= 0.6 is 0 Å². The first-order valence-corrected chi connectivity index (χ1v) is 8.05. The number of ether oxygens (including phenoxy) is 1. The summed E-state index contributed by atoms with van der Waals surface area (Å²) in [6, 6.07) is 6.44.